The van der Waals surface area contributed by atoms with Crippen molar-refractivity contribution in [1.29, 1.82) is 0 Å². The van der Waals surface area contributed by atoms with Crippen LogP contribution in [-0.2, 0) is 6.42 Å². The van der Waals surface area contributed by atoms with Gasteiger partial charge in [-0.15, -0.1) is 0 Å². The second-order valence-electron chi connectivity index (χ2n) is 11.6. The number of alkyl halides is 1. The summed E-state index contributed by atoms with van der Waals surface area (Å²) in [5, 5.41) is 3.76. The van der Waals surface area contributed by atoms with Crippen LogP contribution >= 0.6 is 0 Å². The monoisotopic (exact) mass is 519 g/mol. The van der Waals surface area contributed by atoms with Crippen LogP contribution in [0, 0.1) is 5.92 Å². The minimum Gasteiger partial charge on any atom is -0.381 e. The molecule has 1 N–H and O–H groups in total. The maximum absolute atomic E-state index is 14.5. The van der Waals surface area contributed by atoms with E-state index in [0.29, 0.717) is 17.7 Å². The number of anilines is 1. The molecule has 6 heteroatoms. The number of hydrogen-bond donors (Lipinski definition) is 1. The van der Waals surface area contributed by atoms with Crippen molar-refractivity contribution < 1.29 is 4.39 Å². The largest absolute Gasteiger partial charge is 0.381 e. The van der Waals surface area contributed by atoms with Crippen LogP contribution in [0.4, 0.5) is 10.1 Å². The Balaban J connectivity index is 1.42. The molecule has 0 atom stereocenters. The van der Waals surface area contributed by atoms with Gasteiger partial charge >= 0.3 is 0 Å². The van der Waals surface area contributed by atoms with Gasteiger partial charge in [-0.1, -0.05) is 13.0 Å². The lowest BCUT2D eigenvalue weighted by molar-refractivity contribution is 0.266. The van der Waals surface area contributed by atoms with Gasteiger partial charge in [-0.25, -0.2) is 4.39 Å². The summed E-state index contributed by atoms with van der Waals surface area (Å²) in [5.74, 6) is 0.644. The lowest BCUT2D eigenvalue weighted by Gasteiger charge is -2.32. The van der Waals surface area contributed by atoms with Gasteiger partial charge in [-0.3, -0.25) is 15.0 Å². The number of allylic oxidation sites excluding steroid dienone is 4. The van der Waals surface area contributed by atoms with Crippen molar-refractivity contribution in [2.24, 2.45) is 10.9 Å². The molecule has 1 saturated carbocycles. The molecule has 1 aromatic heterocycles. The van der Waals surface area contributed by atoms with Crippen LogP contribution in [-0.4, -0.2) is 41.0 Å². The third-order valence-corrected chi connectivity index (χ3v) is 8.28. The molecule has 1 aliphatic carbocycles. The average Bonchev–Trinajstić information content (AvgIpc) is 2.93. The van der Waals surface area contributed by atoms with Crippen molar-refractivity contribution in [2.45, 2.75) is 104 Å². The van der Waals surface area contributed by atoms with Crippen LogP contribution in [0.3, 0.4) is 0 Å². The van der Waals surface area contributed by atoms with Crippen LogP contribution in [0.1, 0.15) is 91.5 Å². The number of nitrogens with one attached hydrogen (secondary N) is 1. The topological polar surface area (TPSA) is 53.4 Å². The normalized spacial score (nSPS) is 22.2. The summed E-state index contributed by atoms with van der Waals surface area (Å²) in [6.45, 7) is 11.5. The third-order valence-electron chi connectivity index (χ3n) is 8.28. The highest BCUT2D eigenvalue weighted by atomic mass is 19.1. The lowest BCUT2D eigenvalue weighted by Crippen LogP contribution is -2.34. The number of benzene rings is 1. The van der Waals surface area contributed by atoms with Crippen molar-refractivity contribution >= 4 is 22.9 Å². The summed E-state index contributed by atoms with van der Waals surface area (Å²) in [6.07, 6.45) is 17.7. The standard InChI is InChI=1S/C32H46FN5/c1-6-23(3)29(22-36-30(7-2)32(4,5)33)37-26-13-11-24(12-14-26)19-25-20-27(38-17-9-8-10-18-38)21-28-31(25)35-16-15-34-28/h7,15-16,20-22,24,26,37H,6,8-14,17-19H2,1-5H3/b29-23-,30-7-,36-22+. The van der Waals surface area contributed by atoms with Gasteiger partial charge in [0.15, 0.2) is 0 Å². The van der Waals surface area contributed by atoms with E-state index in [1.807, 2.05) is 25.5 Å². The molecule has 0 spiro atoms. The fourth-order valence-electron chi connectivity index (χ4n) is 5.83. The van der Waals surface area contributed by atoms with Gasteiger partial charge < -0.3 is 10.2 Å². The number of hydrogen-bond acceptors (Lipinski definition) is 5. The molecule has 0 bridgehead atoms. The van der Waals surface area contributed by atoms with E-state index in [1.54, 1.807) is 19.9 Å². The van der Waals surface area contributed by atoms with E-state index in [2.05, 4.69) is 46.2 Å². The highest BCUT2D eigenvalue weighted by molar-refractivity contribution is 5.82. The second-order valence-corrected chi connectivity index (χ2v) is 11.6. The number of rotatable bonds is 9. The van der Waals surface area contributed by atoms with E-state index in [4.69, 9.17) is 4.98 Å². The molecule has 0 amide bonds. The van der Waals surface area contributed by atoms with Gasteiger partial charge in [0.05, 0.1) is 28.6 Å². The number of aliphatic imine (C=N–C) groups is 1. The fourth-order valence-corrected chi connectivity index (χ4v) is 5.83. The number of aromatic nitrogens is 2. The molecule has 2 heterocycles. The quantitative estimate of drug-likeness (QED) is 0.345. The first-order valence-electron chi connectivity index (χ1n) is 14.6. The minimum absolute atomic E-state index is 0.415. The van der Waals surface area contributed by atoms with Gasteiger partial charge in [0.25, 0.3) is 0 Å². The van der Waals surface area contributed by atoms with Crippen LogP contribution in [0.5, 0.6) is 0 Å². The van der Waals surface area contributed by atoms with Gasteiger partial charge in [0.1, 0.15) is 5.67 Å². The van der Waals surface area contributed by atoms with Crippen molar-refractivity contribution in [2.75, 3.05) is 18.0 Å². The summed E-state index contributed by atoms with van der Waals surface area (Å²) in [6, 6.07) is 5.03. The second kappa shape index (κ2) is 12.9. The maximum atomic E-state index is 14.5. The Kier molecular flexibility index (Phi) is 9.56. The first kappa shape index (κ1) is 28.3. The van der Waals surface area contributed by atoms with Crippen molar-refractivity contribution in [3.8, 4) is 0 Å². The SMILES string of the molecule is C\C=C(/N=C/C(NC1CCC(Cc2cc(N3CCCCC3)cc3nccnc23)CC1)=C(\C)CC)C(C)(C)F. The predicted octanol–water partition coefficient (Wildman–Crippen LogP) is 7.72. The third kappa shape index (κ3) is 7.21. The molecule has 2 aromatic rings. The number of nitrogens with zero attached hydrogens (tertiary/aromatic N) is 4. The summed E-state index contributed by atoms with van der Waals surface area (Å²) in [7, 11) is 0. The highest BCUT2D eigenvalue weighted by Crippen LogP contribution is 2.33. The van der Waals surface area contributed by atoms with Gasteiger partial charge in [-0.05, 0) is 115 Å². The Labute approximate surface area is 228 Å². The van der Waals surface area contributed by atoms with Crippen molar-refractivity contribution in [3.05, 3.63) is 53.1 Å². The molecule has 1 aliphatic heterocycles. The summed E-state index contributed by atoms with van der Waals surface area (Å²) < 4.78 is 14.5. The zero-order chi connectivity index (χ0) is 27.1. The van der Waals surface area contributed by atoms with Crippen molar-refractivity contribution in [1.82, 2.24) is 15.3 Å². The molecule has 0 radical (unpaired) electrons. The Bertz CT molecular complexity index is 1160. The van der Waals surface area contributed by atoms with Crippen LogP contribution < -0.4 is 10.2 Å². The average molecular weight is 520 g/mol. The summed E-state index contributed by atoms with van der Waals surface area (Å²) in [5.41, 5.74) is 6.03. The minimum atomic E-state index is -1.45. The van der Waals surface area contributed by atoms with E-state index in [9.17, 15) is 4.39 Å². The molecule has 2 fully saturated rings. The number of fused-ring (bicyclic) bond motifs is 1. The Morgan fingerprint density at radius 1 is 1.11 bits per heavy atom. The molecule has 5 nitrogen and oxygen atoms in total. The number of piperidine rings is 1. The van der Waals surface area contributed by atoms with Crippen LogP contribution in [0.2, 0.25) is 0 Å². The summed E-state index contributed by atoms with van der Waals surface area (Å²) in [4.78, 5) is 16.4. The van der Waals surface area contributed by atoms with Crippen LogP contribution in [0.25, 0.3) is 11.0 Å². The van der Waals surface area contributed by atoms with E-state index in [0.717, 1.165) is 55.5 Å². The molecule has 4 rings (SSSR count). The first-order chi connectivity index (χ1) is 18.3. The van der Waals surface area contributed by atoms with Gasteiger partial charge in [-0.2, -0.15) is 0 Å². The molecule has 2 aliphatic rings. The predicted molar refractivity (Wildman–Crippen MR) is 159 cm³/mol. The maximum Gasteiger partial charge on any atom is 0.146 e. The zero-order valence-electron chi connectivity index (χ0n) is 24.1. The van der Waals surface area contributed by atoms with E-state index in [1.165, 1.54) is 48.9 Å². The Hall–Kier alpha value is -2.76. The molecule has 38 heavy (non-hydrogen) atoms. The van der Waals surface area contributed by atoms with E-state index in [-0.39, 0.29) is 0 Å². The molecule has 1 saturated heterocycles. The number of halogens is 1. The smallest absolute Gasteiger partial charge is 0.146 e. The molecular formula is C32H46FN5. The lowest BCUT2D eigenvalue weighted by atomic mass is 9.82. The first-order valence-corrected chi connectivity index (χ1v) is 14.6. The molecule has 0 unspecified atom stereocenters. The van der Waals surface area contributed by atoms with Gasteiger partial charge in [0.2, 0.25) is 0 Å². The Morgan fingerprint density at radius 2 is 1.82 bits per heavy atom. The molecule has 206 valence electrons. The zero-order valence-corrected chi connectivity index (χ0v) is 24.1. The molecule has 1 aromatic carbocycles. The Morgan fingerprint density at radius 3 is 2.47 bits per heavy atom. The molecular weight excluding hydrogens is 473 g/mol. The van der Waals surface area contributed by atoms with Crippen LogP contribution in [0.15, 0.2) is 52.6 Å². The van der Waals surface area contributed by atoms with Crippen molar-refractivity contribution in [3.63, 3.8) is 0 Å². The summed E-state index contributed by atoms with van der Waals surface area (Å²) >= 11 is 0. The van der Waals surface area contributed by atoms with E-state index >= 15 is 0 Å². The fraction of sp³-hybridized carbons (Fsp3) is 0.594. The van der Waals surface area contributed by atoms with E-state index < -0.39 is 5.67 Å². The highest BCUT2D eigenvalue weighted by Gasteiger charge is 2.24. The van der Waals surface area contributed by atoms with Gasteiger partial charge in [0, 0.05) is 37.2 Å².